The van der Waals surface area contributed by atoms with Crippen molar-refractivity contribution in [2.45, 2.75) is 16.4 Å². The minimum absolute atomic E-state index is 0.0123. The van der Waals surface area contributed by atoms with E-state index < -0.39 is 73.6 Å². The van der Waals surface area contributed by atoms with Crippen LogP contribution in [0, 0.1) is 23.4 Å². The van der Waals surface area contributed by atoms with Crippen molar-refractivity contribution in [1.82, 2.24) is 0 Å². The number of amides is 2. The van der Waals surface area contributed by atoms with Gasteiger partial charge in [0.25, 0.3) is 5.91 Å². The fourth-order valence-electron chi connectivity index (χ4n) is 3.92. The highest BCUT2D eigenvalue weighted by Crippen LogP contribution is 2.65. The number of nitrogens with two attached hydrogens (primary N) is 1. The molecule has 15 heteroatoms. The van der Waals surface area contributed by atoms with Crippen LogP contribution in [0.4, 0.5) is 43.4 Å². The molecule has 3 aromatic rings. The first-order chi connectivity index (χ1) is 18.0. The van der Waals surface area contributed by atoms with Gasteiger partial charge in [-0.25, -0.2) is 13.2 Å². The number of rotatable bonds is 5. The summed E-state index contributed by atoms with van der Waals surface area (Å²) in [5, 5.41) is 3.35. The summed E-state index contributed by atoms with van der Waals surface area (Å²) in [7, 11) is 0. The van der Waals surface area contributed by atoms with Crippen molar-refractivity contribution in [3.8, 4) is 0 Å². The number of carbonyl (C=O) groups excluding carboxylic acids is 2. The van der Waals surface area contributed by atoms with Crippen LogP contribution in [0.5, 0.6) is 0 Å². The zero-order valence-electron chi connectivity index (χ0n) is 18.9. The Balaban J connectivity index is 1.55. The minimum atomic E-state index is -4.98. The van der Waals surface area contributed by atoms with Crippen LogP contribution < -0.4 is 16.4 Å². The van der Waals surface area contributed by atoms with Crippen molar-refractivity contribution < 1.29 is 35.9 Å². The van der Waals surface area contributed by atoms with E-state index in [1.165, 1.54) is 12.1 Å². The number of benzene rings is 3. The van der Waals surface area contributed by atoms with E-state index in [2.05, 4.69) is 10.6 Å². The van der Waals surface area contributed by atoms with Crippen molar-refractivity contribution in [3.63, 3.8) is 0 Å². The van der Waals surface area contributed by atoms with Gasteiger partial charge in [-0.3, -0.25) is 9.59 Å². The highest BCUT2D eigenvalue weighted by molar-refractivity contribution is 6.53. The summed E-state index contributed by atoms with van der Waals surface area (Å²) in [6.45, 7) is 0. The predicted molar refractivity (Wildman–Crippen MR) is 136 cm³/mol. The first-order valence-corrected chi connectivity index (χ1v) is 12.1. The van der Waals surface area contributed by atoms with Gasteiger partial charge in [-0.2, -0.15) is 13.2 Å². The molecule has 5 nitrogen and oxygen atoms in total. The highest BCUT2D eigenvalue weighted by atomic mass is 35.5. The summed E-state index contributed by atoms with van der Waals surface area (Å²) >= 11 is 23.9. The number of alkyl halides is 5. The fourth-order valence-corrected chi connectivity index (χ4v) is 5.16. The Morgan fingerprint density at radius 1 is 0.923 bits per heavy atom. The topological polar surface area (TPSA) is 84.2 Å². The van der Waals surface area contributed by atoms with E-state index in [-0.39, 0.29) is 21.8 Å². The number of hydrogen-bond donors (Lipinski definition) is 3. The van der Waals surface area contributed by atoms with Crippen LogP contribution in [0.1, 0.15) is 27.4 Å². The number of carbonyl (C=O) groups is 2. The van der Waals surface area contributed by atoms with Gasteiger partial charge in [0, 0.05) is 11.6 Å². The van der Waals surface area contributed by atoms with Gasteiger partial charge in [-0.05, 0) is 48.0 Å². The van der Waals surface area contributed by atoms with E-state index in [1.54, 1.807) is 0 Å². The summed E-state index contributed by atoms with van der Waals surface area (Å²) in [5.41, 5.74) is 2.03. The normalized spacial score (nSPS) is 18.0. The van der Waals surface area contributed by atoms with Gasteiger partial charge in [0.05, 0.1) is 32.8 Å². The average Bonchev–Trinajstić information content (AvgIpc) is 3.43. The van der Waals surface area contributed by atoms with Gasteiger partial charge in [-0.15, -0.1) is 23.2 Å². The van der Waals surface area contributed by atoms with Gasteiger partial charge < -0.3 is 16.4 Å². The molecule has 0 radical (unpaired) electrons. The highest BCUT2D eigenvalue weighted by Gasteiger charge is 2.68. The number of hydrogen-bond acceptors (Lipinski definition) is 3. The molecule has 2 amide bonds. The molecule has 0 bridgehead atoms. The third-order valence-electron chi connectivity index (χ3n) is 5.90. The number of nitrogen functional groups attached to an aromatic ring is 1. The van der Waals surface area contributed by atoms with E-state index in [4.69, 9.17) is 52.1 Å². The monoisotopic (exact) mass is 629 g/mol. The maximum absolute atomic E-state index is 14.2. The average molecular weight is 631 g/mol. The number of nitrogens with one attached hydrogen (secondary N) is 2. The van der Waals surface area contributed by atoms with E-state index in [0.29, 0.717) is 12.1 Å². The molecule has 1 aliphatic rings. The van der Waals surface area contributed by atoms with Gasteiger partial charge in [0.2, 0.25) is 5.91 Å². The molecule has 0 aromatic heterocycles. The number of anilines is 3. The van der Waals surface area contributed by atoms with Crippen LogP contribution in [-0.4, -0.2) is 16.1 Å². The molecule has 1 aliphatic carbocycles. The lowest BCUT2D eigenvalue weighted by Crippen LogP contribution is -2.18. The van der Waals surface area contributed by atoms with E-state index in [1.807, 2.05) is 0 Å². The lowest BCUT2D eigenvalue weighted by molar-refractivity contribution is -0.137. The Labute approximate surface area is 236 Å². The summed E-state index contributed by atoms with van der Waals surface area (Å²) in [5.74, 6) is -7.95. The second kappa shape index (κ2) is 10.3. The molecule has 1 saturated carbocycles. The quantitative estimate of drug-likeness (QED) is 0.153. The van der Waals surface area contributed by atoms with Crippen LogP contribution in [0.2, 0.25) is 10.0 Å². The molecule has 0 heterocycles. The molecule has 0 saturated heterocycles. The Kier molecular flexibility index (Phi) is 7.67. The molecular formula is C24H13Cl4F6N3O2. The number of halogens is 10. The maximum atomic E-state index is 14.2. The molecule has 39 heavy (non-hydrogen) atoms. The van der Waals surface area contributed by atoms with Crippen molar-refractivity contribution in [2.75, 3.05) is 16.4 Å². The Morgan fingerprint density at radius 3 is 2.23 bits per heavy atom. The molecule has 0 aliphatic heterocycles. The molecule has 206 valence electrons. The zero-order valence-corrected chi connectivity index (χ0v) is 21.9. The van der Waals surface area contributed by atoms with Crippen molar-refractivity contribution in [1.29, 1.82) is 0 Å². The van der Waals surface area contributed by atoms with E-state index >= 15 is 0 Å². The Morgan fingerprint density at radius 2 is 1.59 bits per heavy atom. The Bertz CT molecular complexity index is 1520. The first kappa shape index (κ1) is 29.1. The van der Waals surface area contributed by atoms with Crippen LogP contribution in [0.3, 0.4) is 0 Å². The lowest BCUT2D eigenvalue weighted by atomic mass is 10.0. The third-order valence-corrected chi connectivity index (χ3v) is 7.56. The second-order valence-corrected chi connectivity index (χ2v) is 10.7. The Hall–Kier alpha value is -2.86. The summed E-state index contributed by atoms with van der Waals surface area (Å²) < 4.78 is 79.7. The van der Waals surface area contributed by atoms with Gasteiger partial charge in [-0.1, -0.05) is 23.2 Å². The molecule has 1 fully saturated rings. The molecule has 4 N–H and O–H groups in total. The van der Waals surface area contributed by atoms with Crippen LogP contribution in [0.25, 0.3) is 0 Å². The van der Waals surface area contributed by atoms with Crippen molar-refractivity contribution >= 4 is 75.3 Å². The van der Waals surface area contributed by atoms with Crippen LogP contribution in [0.15, 0.2) is 42.5 Å². The standard InChI is InChI=1S/C24H13Cl4F6N3O2/c25-12-2-1-9(7-10(12)21(38)37-15-4-3-13(29)20(35)19(15)31)36-22(39)17-16(23(17,27)28)8-5-11(24(32,33)34)18(26)14(30)6-8/h1-7,16-17H,35H2,(H,36,39)(H,37,38)/t16-,17+/m0/s1. The molecule has 3 aromatic carbocycles. The second-order valence-electron chi connectivity index (χ2n) is 8.45. The molecule has 0 spiro atoms. The van der Waals surface area contributed by atoms with Gasteiger partial charge in [0.1, 0.15) is 21.7 Å². The SMILES string of the molecule is Nc1c(F)ccc(NC(=O)c2cc(NC(=O)[C@H]3[C@H](c4cc(F)c(Cl)c(C(F)(F)F)c4)C3(Cl)Cl)ccc2Cl)c1F. The predicted octanol–water partition coefficient (Wildman–Crippen LogP) is 7.79. The zero-order chi connectivity index (χ0) is 29.0. The minimum Gasteiger partial charge on any atom is -0.394 e. The van der Waals surface area contributed by atoms with Gasteiger partial charge in [0.15, 0.2) is 5.82 Å². The fraction of sp³-hybridized carbons (Fsp3) is 0.167. The van der Waals surface area contributed by atoms with Crippen molar-refractivity contribution in [2.24, 2.45) is 5.92 Å². The van der Waals surface area contributed by atoms with Crippen LogP contribution >= 0.6 is 46.4 Å². The van der Waals surface area contributed by atoms with E-state index in [0.717, 1.165) is 18.2 Å². The molecule has 4 rings (SSSR count). The summed E-state index contributed by atoms with van der Waals surface area (Å²) in [6, 6.07) is 6.69. The lowest BCUT2D eigenvalue weighted by Gasteiger charge is -2.12. The van der Waals surface area contributed by atoms with Crippen molar-refractivity contribution in [3.05, 3.63) is 86.7 Å². The molecule has 2 atom stereocenters. The first-order valence-electron chi connectivity index (χ1n) is 10.6. The third kappa shape index (κ3) is 5.58. The van der Waals surface area contributed by atoms with Gasteiger partial charge >= 0.3 is 6.18 Å². The molecular weight excluding hydrogens is 618 g/mol. The largest absolute Gasteiger partial charge is 0.417 e. The maximum Gasteiger partial charge on any atom is 0.417 e. The van der Waals surface area contributed by atoms with E-state index in [9.17, 15) is 35.9 Å². The summed E-state index contributed by atoms with van der Waals surface area (Å²) in [4.78, 5) is 25.6. The molecule has 0 unspecified atom stereocenters. The smallest absolute Gasteiger partial charge is 0.394 e. The summed E-state index contributed by atoms with van der Waals surface area (Å²) in [6.07, 6.45) is -4.98. The van der Waals surface area contributed by atoms with Crippen LogP contribution in [-0.2, 0) is 11.0 Å².